The normalized spacial score (nSPS) is 26.4. The summed E-state index contributed by atoms with van der Waals surface area (Å²) in [4.78, 5) is 27.0. The molecule has 0 N–H and O–H groups in total. The molecule has 1 aromatic carbocycles. The van der Waals surface area contributed by atoms with Crippen molar-refractivity contribution in [1.29, 1.82) is 0 Å². The highest BCUT2D eigenvalue weighted by atomic mass is 16.2. The second-order valence-corrected chi connectivity index (χ2v) is 7.11. The molecular weight excluding hydrogens is 262 g/mol. The maximum atomic E-state index is 12.6. The van der Waals surface area contributed by atoms with Gasteiger partial charge in [-0.3, -0.25) is 14.5 Å². The van der Waals surface area contributed by atoms with E-state index in [4.69, 9.17) is 0 Å². The minimum Gasteiger partial charge on any atom is -0.298 e. The van der Waals surface area contributed by atoms with Gasteiger partial charge in [-0.1, -0.05) is 32.3 Å². The lowest BCUT2D eigenvalue weighted by Crippen LogP contribution is -2.55. The molecule has 0 bridgehead atoms. The third-order valence-electron chi connectivity index (χ3n) is 5.62. The highest BCUT2D eigenvalue weighted by molar-refractivity contribution is 6.53. The van der Waals surface area contributed by atoms with E-state index in [9.17, 15) is 9.59 Å². The number of rotatable bonds is 0. The number of carbonyl (C=O) groups is 2. The number of amides is 1. The summed E-state index contributed by atoms with van der Waals surface area (Å²) in [6, 6.07) is 4.06. The lowest BCUT2D eigenvalue weighted by Gasteiger charge is -2.50. The monoisotopic (exact) mass is 283 g/mol. The first-order chi connectivity index (χ1) is 10.0. The number of hydrogen-bond donors (Lipinski definition) is 0. The van der Waals surface area contributed by atoms with Gasteiger partial charge in [0.25, 0.3) is 11.7 Å². The molecule has 110 valence electrons. The SMILES string of the molecule is Cc1cc2c3c(c1)[C@H](C)CC1(CCCCC1)N3C(=O)C2=O. The topological polar surface area (TPSA) is 37.4 Å². The van der Waals surface area contributed by atoms with Gasteiger partial charge >= 0.3 is 0 Å². The second kappa shape index (κ2) is 4.19. The Balaban J connectivity index is 1.96. The summed E-state index contributed by atoms with van der Waals surface area (Å²) < 4.78 is 0. The summed E-state index contributed by atoms with van der Waals surface area (Å²) in [6.07, 6.45) is 6.68. The fourth-order valence-corrected chi connectivity index (χ4v) is 4.78. The van der Waals surface area contributed by atoms with Crippen LogP contribution in [0.4, 0.5) is 5.69 Å². The van der Waals surface area contributed by atoms with Crippen molar-refractivity contribution in [3.05, 3.63) is 28.8 Å². The van der Waals surface area contributed by atoms with Crippen LogP contribution in [0.5, 0.6) is 0 Å². The summed E-state index contributed by atoms with van der Waals surface area (Å²) in [5, 5.41) is 0. The molecule has 3 aliphatic rings. The van der Waals surface area contributed by atoms with Crippen molar-refractivity contribution in [3.8, 4) is 0 Å². The molecule has 21 heavy (non-hydrogen) atoms. The average molecular weight is 283 g/mol. The smallest absolute Gasteiger partial charge is 0.298 e. The third-order valence-corrected chi connectivity index (χ3v) is 5.62. The fourth-order valence-electron chi connectivity index (χ4n) is 4.78. The summed E-state index contributed by atoms with van der Waals surface area (Å²) in [5.74, 6) is -0.161. The number of aryl methyl sites for hydroxylation is 1. The molecule has 1 amide bonds. The van der Waals surface area contributed by atoms with E-state index < -0.39 is 0 Å². The van der Waals surface area contributed by atoms with Crippen molar-refractivity contribution < 1.29 is 9.59 Å². The number of benzene rings is 1. The van der Waals surface area contributed by atoms with Gasteiger partial charge in [-0.25, -0.2) is 0 Å². The molecule has 0 radical (unpaired) electrons. The number of fused-ring (bicyclic) bond motifs is 1. The van der Waals surface area contributed by atoms with Crippen LogP contribution in [0.2, 0.25) is 0 Å². The van der Waals surface area contributed by atoms with E-state index in [1.54, 1.807) is 0 Å². The van der Waals surface area contributed by atoms with Gasteiger partial charge < -0.3 is 0 Å². The van der Waals surface area contributed by atoms with E-state index in [2.05, 4.69) is 13.0 Å². The van der Waals surface area contributed by atoms with Crippen molar-refractivity contribution in [3.63, 3.8) is 0 Å². The molecule has 1 atom stereocenters. The summed E-state index contributed by atoms with van der Waals surface area (Å²) in [5.41, 5.74) is 3.76. The molecular formula is C18H21NO2. The predicted octanol–water partition coefficient (Wildman–Crippen LogP) is 3.73. The first-order valence-corrected chi connectivity index (χ1v) is 8.07. The number of anilines is 1. The minimum atomic E-state index is -0.297. The van der Waals surface area contributed by atoms with Crippen LogP contribution < -0.4 is 4.90 Å². The summed E-state index contributed by atoms with van der Waals surface area (Å²) >= 11 is 0. The molecule has 1 spiro atoms. The van der Waals surface area contributed by atoms with Crippen molar-refractivity contribution in [2.45, 2.75) is 63.8 Å². The number of hydrogen-bond acceptors (Lipinski definition) is 2. The van der Waals surface area contributed by atoms with Gasteiger partial charge in [0, 0.05) is 5.54 Å². The molecule has 0 unspecified atom stereocenters. The summed E-state index contributed by atoms with van der Waals surface area (Å²) in [7, 11) is 0. The molecule has 0 aromatic heterocycles. The molecule has 2 heterocycles. The maximum absolute atomic E-state index is 12.6. The van der Waals surface area contributed by atoms with Crippen molar-refractivity contribution in [1.82, 2.24) is 0 Å². The first kappa shape index (κ1) is 13.1. The van der Waals surface area contributed by atoms with E-state index in [-0.39, 0.29) is 17.2 Å². The molecule has 1 aromatic rings. The first-order valence-electron chi connectivity index (χ1n) is 8.07. The van der Waals surface area contributed by atoms with E-state index in [0.29, 0.717) is 11.5 Å². The Morgan fingerprint density at radius 3 is 2.57 bits per heavy atom. The molecule has 2 aliphatic heterocycles. The Hall–Kier alpha value is -1.64. The number of carbonyl (C=O) groups excluding carboxylic acids is 2. The number of ketones is 1. The van der Waals surface area contributed by atoms with Crippen LogP contribution in [-0.2, 0) is 4.79 Å². The molecule has 0 saturated heterocycles. The summed E-state index contributed by atoms with van der Waals surface area (Å²) in [6.45, 7) is 4.25. The maximum Gasteiger partial charge on any atom is 0.300 e. The van der Waals surface area contributed by atoms with Crippen molar-refractivity contribution >= 4 is 17.4 Å². The zero-order valence-corrected chi connectivity index (χ0v) is 12.7. The van der Waals surface area contributed by atoms with E-state index in [1.165, 1.54) is 24.8 Å². The van der Waals surface area contributed by atoms with Crippen LogP contribution in [-0.4, -0.2) is 17.2 Å². The Labute approximate surface area is 125 Å². The van der Waals surface area contributed by atoms with Gasteiger partial charge in [-0.05, 0) is 49.3 Å². The fraction of sp³-hybridized carbons (Fsp3) is 0.556. The number of nitrogens with zero attached hydrogens (tertiary/aromatic N) is 1. The van der Waals surface area contributed by atoms with Gasteiger partial charge in [-0.2, -0.15) is 0 Å². The zero-order chi connectivity index (χ0) is 14.8. The number of Topliss-reactive ketones (excluding diaryl/α,β-unsaturated/α-hetero) is 1. The van der Waals surface area contributed by atoms with Crippen LogP contribution in [0.1, 0.15) is 72.9 Å². The molecule has 3 heteroatoms. The Bertz CT molecular complexity index is 655. The third kappa shape index (κ3) is 1.60. The lowest BCUT2D eigenvalue weighted by atomic mass is 9.70. The molecule has 1 aliphatic carbocycles. The van der Waals surface area contributed by atoms with E-state index in [0.717, 1.165) is 30.5 Å². The van der Waals surface area contributed by atoms with Crippen molar-refractivity contribution in [2.24, 2.45) is 0 Å². The van der Waals surface area contributed by atoms with Crippen LogP contribution in [0.3, 0.4) is 0 Å². The Morgan fingerprint density at radius 1 is 1.14 bits per heavy atom. The van der Waals surface area contributed by atoms with Crippen molar-refractivity contribution in [2.75, 3.05) is 4.90 Å². The van der Waals surface area contributed by atoms with Crippen LogP contribution >= 0.6 is 0 Å². The van der Waals surface area contributed by atoms with Gasteiger partial charge in [0.2, 0.25) is 0 Å². The van der Waals surface area contributed by atoms with E-state index >= 15 is 0 Å². The standard InChI is InChI=1S/C18H21NO2/c1-11-8-13-12(2)10-18(6-4-3-5-7-18)19-15(13)14(9-11)16(20)17(19)21/h8-9,12H,3-7,10H2,1-2H3/t12-/m1/s1. The second-order valence-electron chi connectivity index (χ2n) is 7.11. The highest BCUT2D eigenvalue weighted by Gasteiger charge is 2.53. The van der Waals surface area contributed by atoms with E-state index in [1.807, 2.05) is 17.9 Å². The molecule has 3 nitrogen and oxygen atoms in total. The van der Waals surface area contributed by atoms with Crippen LogP contribution in [0.25, 0.3) is 0 Å². The van der Waals surface area contributed by atoms with Gasteiger partial charge in [-0.15, -0.1) is 0 Å². The van der Waals surface area contributed by atoms with Gasteiger partial charge in [0.15, 0.2) is 0 Å². The predicted molar refractivity (Wildman–Crippen MR) is 81.8 cm³/mol. The minimum absolute atomic E-state index is 0.0993. The molecule has 4 rings (SSSR count). The average Bonchev–Trinajstić information content (AvgIpc) is 2.71. The van der Waals surface area contributed by atoms with Crippen LogP contribution in [0.15, 0.2) is 12.1 Å². The molecule has 1 fully saturated rings. The van der Waals surface area contributed by atoms with Gasteiger partial charge in [0.05, 0.1) is 11.3 Å². The lowest BCUT2D eigenvalue weighted by molar-refractivity contribution is -0.115. The Kier molecular flexibility index (Phi) is 2.60. The molecule has 1 saturated carbocycles. The van der Waals surface area contributed by atoms with Crippen LogP contribution in [0, 0.1) is 6.92 Å². The highest BCUT2D eigenvalue weighted by Crippen LogP contribution is 2.53. The van der Waals surface area contributed by atoms with Gasteiger partial charge in [0.1, 0.15) is 0 Å². The Morgan fingerprint density at radius 2 is 1.86 bits per heavy atom. The quantitative estimate of drug-likeness (QED) is 0.680. The largest absolute Gasteiger partial charge is 0.300 e. The zero-order valence-electron chi connectivity index (χ0n) is 12.7.